The van der Waals surface area contributed by atoms with E-state index in [0.717, 1.165) is 6.54 Å². The summed E-state index contributed by atoms with van der Waals surface area (Å²) in [6.07, 6.45) is 0. The largest absolute Gasteiger partial charge is 0.330 e. The summed E-state index contributed by atoms with van der Waals surface area (Å²) in [6.45, 7) is 10.4. The van der Waals surface area contributed by atoms with E-state index in [-0.39, 0.29) is 9.68 Å². The van der Waals surface area contributed by atoms with Gasteiger partial charge in [-0.2, -0.15) is 0 Å². The molecule has 0 aromatic rings. The fraction of sp³-hybridized carbons (Fsp3) is 0.800. The lowest BCUT2D eigenvalue weighted by Crippen LogP contribution is -2.24. The fourth-order valence-electron chi connectivity index (χ4n) is 0.540. The second-order valence-electron chi connectivity index (χ2n) is 1.53. The first-order valence-corrected chi connectivity index (χ1v) is 4.91. The van der Waals surface area contributed by atoms with Gasteiger partial charge in [-0.25, -0.2) is 0 Å². The molecule has 0 bridgehead atoms. The van der Waals surface area contributed by atoms with Gasteiger partial charge in [-0.15, -0.1) is 0 Å². The molecule has 1 radical (unpaired) electrons. The van der Waals surface area contributed by atoms with Crippen molar-refractivity contribution in [2.45, 2.75) is 13.5 Å². The zero-order valence-electron chi connectivity index (χ0n) is 5.28. The Morgan fingerprint density at radius 3 is 2.29 bits per heavy atom. The summed E-state index contributed by atoms with van der Waals surface area (Å²) in [5.74, 6) is 0. The Morgan fingerprint density at radius 1 is 1.71 bits per heavy atom. The highest BCUT2D eigenvalue weighted by Crippen LogP contribution is 1.78. The molecule has 7 heavy (non-hydrogen) atoms. The van der Waals surface area contributed by atoms with Gasteiger partial charge in [0.05, 0.1) is 9.68 Å². The quantitative estimate of drug-likeness (QED) is 0.479. The van der Waals surface area contributed by atoms with E-state index in [1.807, 2.05) is 0 Å². The van der Waals surface area contributed by atoms with Crippen LogP contribution >= 0.6 is 0 Å². The Bertz CT molecular complexity index is 29.6. The maximum absolute atomic E-state index is 3.79. The highest BCUT2D eigenvalue weighted by Gasteiger charge is 1.89. The monoisotopic (exact) mass is 116 g/mol. The van der Waals surface area contributed by atoms with E-state index in [2.05, 4.69) is 25.0 Å². The van der Waals surface area contributed by atoms with Crippen molar-refractivity contribution in [2.75, 3.05) is 13.1 Å². The van der Waals surface area contributed by atoms with E-state index in [1.165, 1.54) is 6.54 Å². The minimum absolute atomic E-state index is 0.0988. The van der Waals surface area contributed by atoms with E-state index >= 15 is 0 Å². The van der Waals surface area contributed by atoms with Crippen LogP contribution in [0.3, 0.4) is 0 Å². The van der Waals surface area contributed by atoms with Crippen LogP contribution in [0, 0.1) is 6.92 Å². The van der Waals surface area contributed by atoms with Gasteiger partial charge in [-0.05, 0) is 20.0 Å². The molecule has 2 heteroatoms. The third kappa shape index (κ3) is 2.82. The Morgan fingerprint density at radius 2 is 2.29 bits per heavy atom. The zero-order valence-corrected chi connectivity index (χ0v) is 6.69. The zero-order chi connectivity index (χ0) is 5.70. The van der Waals surface area contributed by atoms with Crippen LogP contribution in [0.4, 0.5) is 0 Å². The predicted molar refractivity (Wildman–Crippen MR) is 37.0 cm³/mol. The van der Waals surface area contributed by atoms with E-state index in [1.54, 1.807) is 0 Å². The SMILES string of the molecule is [CH2]CN(CC)[SiH2]C. The maximum Gasteiger partial charge on any atom is 0.0919 e. The van der Waals surface area contributed by atoms with Crippen LogP contribution in [0.25, 0.3) is 0 Å². The van der Waals surface area contributed by atoms with Crippen molar-refractivity contribution in [2.24, 2.45) is 0 Å². The molecule has 0 aromatic carbocycles. The molecule has 0 saturated carbocycles. The second kappa shape index (κ2) is 4.34. The van der Waals surface area contributed by atoms with Crippen LogP contribution in [-0.4, -0.2) is 27.3 Å². The van der Waals surface area contributed by atoms with Crippen molar-refractivity contribution >= 4 is 9.68 Å². The van der Waals surface area contributed by atoms with E-state index in [9.17, 15) is 0 Å². The predicted octanol–water partition coefficient (Wildman–Crippen LogP) is 0.274. The lowest BCUT2D eigenvalue weighted by atomic mass is 10.7. The molecule has 0 atom stereocenters. The minimum Gasteiger partial charge on any atom is -0.330 e. The summed E-state index contributed by atoms with van der Waals surface area (Å²) >= 11 is 0. The van der Waals surface area contributed by atoms with Gasteiger partial charge < -0.3 is 4.57 Å². The van der Waals surface area contributed by atoms with E-state index < -0.39 is 0 Å². The van der Waals surface area contributed by atoms with Gasteiger partial charge in [0.2, 0.25) is 0 Å². The molecule has 0 rings (SSSR count). The summed E-state index contributed by atoms with van der Waals surface area (Å²) in [5.41, 5.74) is 0. The third-order valence-electron chi connectivity index (χ3n) is 1.21. The Labute approximate surface area is 48.6 Å². The first-order chi connectivity index (χ1) is 3.35. The first-order valence-electron chi connectivity index (χ1n) is 2.86. The van der Waals surface area contributed by atoms with Gasteiger partial charge in [0.15, 0.2) is 0 Å². The van der Waals surface area contributed by atoms with Crippen molar-refractivity contribution in [3.8, 4) is 0 Å². The fourth-order valence-corrected chi connectivity index (χ4v) is 1.30. The van der Waals surface area contributed by atoms with Gasteiger partial charge in [0.1, 0.15) is 0 Å². The summed E-state index contributed by atoms with van der Waals surface area (Å²) in [5, 5.41) is 0. The van der Waals surface area contributed by atoms with Crippen molar-refractivity contribution in [1.29, 1.82) is 0 Å². The molecule has 0 aliphatic carbocycles. The molecule has 0 fully saturated rings. The molecule has 0 aromatic heterocycles. The lowest BCUT2D eigenvalue weighted by Gasteiger charge is -2.13. The summed E-state index contributed by atoms with van der Waals surface area (Å²) < 4.78 is 2.40. The normalized spacial score (nSPS) is 12.0. The number of hydrogen-bond donors (Lipinski definition) is 0. The molecular formula is C5H14NSi. The van der Waals surface area contributed by atoms with Gasteiger partial charge in [-0.3, -0.25) is 0 Å². The van der Waals surface area contributed by atoms with Crippen molar-refractivity contribution in [3.05, 3.63) is 6.92 Å². The van der Waals surface area contributed by atoms with Crippen molar-refractivity contribution in [1.82, 2.24) is 4.57 Å². The summed E-state index contributed by atoms with van der Waals surface area (Å²) in [7, 11) is 0.0988. The smallest absolute Gasteiger partial charge is 0.0919 e. The van der Waals surface area contributed by atoms with Crippen LogP contribution in [0.15, 0.2) is 0 Å². The van der Waals surface area contributed by atoms with Gasteiger partial charge in [0.25, 0.3) is 0 Å². The van der Waals surface area contributed by atoms with Crippen LogP contribution < -0.4 is 0 Å². The van der Waals surface area contributed by atoms with Crippen molar-refractivity contribution < 1.29 is 0 Å². The maximum atomic E-state index is 3.79. The highest BCUT2D eigenvalue weighted by molar-refractivity contribution is 6.29. The Hall–Kier alpha value is 0.177. The molecule has 0 heterocycles. The Balaban J connectivity index is 2.99. The van der Waals surface area contributed by atoms with Crippen molar-refractivity contribution in [3.63, 3.8) is 0 Å². The van der Waals surface area contributed by atoms with E-state index in [4.69, 9.17) is 0 Å². The molecule has 0 saturated heterocycles. The van der Waals surface area contributed by atoms with Crippen LogP contribution in [-0.2, 0) is 0 Å². The second-order valence-corrected chi connectivity index (χ2v) is 3.05. The molecule has 0 aliphatic rings. The van der Waals surface area contributed by atoms with Gasteiger partial charge in [0, 0.05) is 0 Å². The molecule has 0 amide bonds. The molecule has 0 spiro atoms. The van der Waals surface area contributed by atoms with Crippen LogP contribution in [0.5, 0.6) is 0 Å². The number of nitrogens with zero attached hydrogens (tertiary/aromatic N) is 1. The summed E-state index contributed by atoms with van der Waals surface area (Å²) in [6, 6.07) is 0. The minimum atomic E-state index is 0.0988. The average Bonchev–Trinajstić information content (AvgIpc) is 1.72. The highest BCUT2D eigenvalue weighted by atomic mass is 28.2. The van der Waals surface area contributed by atoms with Gasteiger partial charge in [-0.1, -0.05) is 13.5 Å². The Kier molecular flexibility index (Phi) is 4.45. The van der Waals surface area contributed by atoms with Crippen LogP contribution in [0.1, 0.15) is 6.92 Å². The van der Waals surface area contributed by atoms with E-state index in [0.29, 0.717) is 0 Å². The third-order valence-corrected chi connectivity index (χ3v) is 2.87. The molecule has 0 N–H and O–H groups in total. The molecular weight excluding hydrogens is 102 g/mol. The van der Waals surface area contributed by atoms with Crippen LogP contribution in [0.2, 0.25) is 6.55 Å². The molecule has 43 valence electrons. The summed E-state index contributed by atoms with van der Waals surface area (Å²) in [4.78, 5) is 0. The lowest BCUT2D eigenvalue weighted by molar-refractivity contribution is 0.518. The topological polar surface area (TPSA) is 3.24 Å². The standard InChI is InChI=1S/C5H14NSi/c1-4-6(5-2)7-3/h1,4-5,7H2,2-3H3. The first kappa shape index (κ1) is 7.18. The molecule has 0 aliphatic heterocycles. The number of hydrogen-bond acceptors (Lipinski definition) is 1. The number of rotatable bonds is 3. The molecule has 1 nitrogen and oxygen atoms in total. The molecule has 0 unspecified atom stereocenters. The van der Waals surface area contributed by atoms with Gasteiger partial charge >= 0.3 is 0 Å². The average molecular weight is 116 g/mol.